The number of carbonyl (C=O) groups is 2. The number of hydrogen-bond acceptors (Lipinski definition) is 6. The lowest BCUT2D eigenvalue weighted by molar-refractivity contribution is -0.193. The highest BCUT2D eigenvalue weighted by molar-refractivity contribution is 5.73. The molecule has 0 saturated carbocycles. The molecule has 3 heterocycles. The molecule has 0 spiro atoms. The maximum absolute atomic E-state index is 10.6. The van der Waals surface area contributed by atoms with Gasteiger partial charge in [0.05, 0.1) is 18.4 Å². The van der Waals surface area contributed by atoms with Crippen molar-refractivity contribution in [3.8, 4) is 0 Å². The molecule has 0 aliphatic carbocycles. The van der Waals surface area contributed by atoms with Crippen molar-refractivity contribution in [2.75, 3.05) is 33.4 Å². The number of aromatic nitrogens is 1. The molecule has 0 radical (unpaired) electrons. The van der Waals surface area contributed by atoms with Crippen molar-refractivity contribution < 1.29 is 55.6 Å². The highest BCUT2D eigenvalue weighted by atomic mass is 19.4. The Bertz CT molecular complexity index is 807. The Balaban J connectivity index is 0.000000362. The summed E-state index contributed by atoms with van der Waals surface area (Å²) in [4.78, 5) is 24.9. The highest BCUT2D eigenvalue weighted by Gasteiger charge is 2.46. The lowest BCUT2D eigenvalue weighted by Gasteiger charge is -2.50. The van der Waals surface area contributed by atoms with Gasteiger partial charge < -0.3 is 19.7 Å². The maximum Gasteiger partial charge on any atom is 0.490 e. The third kappa shape index (κ3) is 10.4. The smallest absolute Gasteiger partial charge is 0.475 e. The standard InChI is InChI=1S/C17H26N2O2.2C2HF3O2/c1-14-5-3-6-15(18-14)11-19-9-7-16-17(12-19,13-20-2)8-4-10-21-16;2*3-2(4,5)1(6)7/h3,5-6,16H,4,7-13H2,1-2H3;2*(H,6,7). The van der Waals surface area contributed by atoms with Gasteiger partial charge in [-0.25, -0.2) is 9.59 Å². The van der Waals surface area contributed by atoms with Gasteiger partial charge in [0, 0.05) is 44.5 Å². The average Bonchev–Trinajstić information content (AvgIpc) is 2.73. The number of aryl methyl sites for hydroxylation is 1. The Kier molecular flexibility index (Phi) is 11.4. The first-order valence-electron chi connectivity index (χ1n) is 10.5. The summed E-state index contributed by atoms with van der Waals surface area (Å²) in [6, 6.07) is 6.27. The van der Waals surface area contributed by atoms with Crippen molar-refractivity contribution in [2.45, 2.75) is 51.2 Å². The average molecular weight is 518 g/mol. The second-order valence-electron chi connectivity index (χ2n) is 8.13. The molecule has 2 atom stereocenters. The van der Waals surface area contributed by atoms with E-state index in [0.29, 0.717) is 6.10 Å². The van der Waals surface area contributed by atoms with Gasteiger partial charge in [-0.2, -0.15) is 26.3 Å². The largest absolute Gasteiger partial charge is 0.490 e. The number of ether oxygens (including phenoxy) is 2. The first-order valence-corrected chi connectivity index (χ1v) is 10.5. The molecule has 8 nitrogen and oxygen atoms in total. The zero-order valence-electron chi connectivity index (χ0n) is 19.2. The van der Waals surface area contributed by atoms with Crippen molar-refractivity contribution in [1.82, 2.24) is 9.88 Å². The summed E-state index contributed by atoms with van der Waals surface area (Å²) >= 11 is 0. The highest BCUT2D eigenvalue weighted by Crippen LogP contribution is 2.40. The molecule has 1 aromatic heterocycles. The predicted octanol–water partition coefficient (Wildman–Crippen LogP) is 3.67. The number of hydrogen-bond donors (Lipinski definition) is 2. The minimum Gasteiger partial charge on any atom is -0.475 e. The summed E-state index contributed by atoms with van der Waals surface area (Å²) in [5.74, 6) is -5.51. The number of rotatable bonds is 4. The van der Waals surface area contributed by atoms with E-state index in [-0.39, 0.29) is 5.41 Å². The molecule has 2 unspecified atom stereocenters. The second-order valence-corrected chi connectivity index (χ2v) is 8.13. The summed E-state index contributed by atoms with van der Waals surface area (Å²) < 4.78 is 75.0. The molecule has 0 aromatic carbocycles. The van der Waals surface area contributed by atoms with Crippen LogP contribution in [0.4, 0.5) is 26.3 Å². The monoisotopic (exact) mass is 518 g/mol. The number of methoxy groups -OCH3 is 1. The van der Waals surface area contributed by atoms with Crippen LogP contribution < -0.4 is 0 Å². The van der Waals surface area contributed by atoms with Crippen LogP contribution >= 0.6 is 0 Å². The van der Waals surface area contributed by atoms with Gasteiger partial charge in [-0.3, -0.25) is 9.88 Å². The minimum atomic E-state index is -5.08. The topological polar surface area (TPSA) is 109 Å². The number of carboxylic acid groups (broad SMARTS) is 2. The maximum atomic E-state index is 10.6. The Morgan fingerprint density at radius 3 is 2.23 bits per heavy atom. The fourth-order valence-electron chi connectivity index (χ4n) is 3.93. The number of pyridine rings is 1. The number of likely N-dealkylation sites (tertiary alicyclic amines) is 1. The van der Waals surface area contributed by atoms with Gasteiger partial charge in [0.1, 0.15) is 0 Å². The van der Waals surface area contributed by atoms with E-state index in [4.69, 9.17) is 29.3 Å². The van der Waals surface area contributed by atoms with E-state index < -0.39 is 24.3 Å². The molecule has 200 valence electrons. The molecular weight excluding hydrogens is 490 g/mol. The molecule has 2 N–H and O–H groups in total. The lowest BCUT2D eigenvalue weighted by Crippen LogP contribution is -2.56. The normalized spacial score (nSPS) is 22.6. The molecule has 35 heavy (non-hydrogen) atoms. The molecule has 14 heteroatoms. The third-order valence-electron chi connectivity index (χ3n) is 5.32. The zero-order chi connectivity index (χ0) is 26.9. The third-order valence-corrected chi connectivity index (χ3v) is 5.32. The van der Waals surface area contributed by atoms with E-state index >= 15 is 0 Å². The molecule has 1 aromatic rings. The van der Waals surface area contributed by atoms with E-state index in [2.05, 4.69) is 35.0 Å². The van der Waals surface area contributed by atoms with Gasteiger partial charge in [-0.15, -0.1) is 0 Å². The first kappa shape index (κ1) is 30.6. The van der Waals surface area contributed by atoms with Gasteiger partial charge in [0.2, 0.25) is 0 Å². The van der Waals surface area contributed by atoms with Crippen molar-refractivity contribution in [3.63, 3.8) is 0 Å². The van der Waals surface area contributed by atoms with Crippen LogP contribution in [0, 0.1) is 12.3 Å². The predicted molar refractivity (Wildman–Crippen MR) is 110 cm³/mol. The van der Waals surface area contributed by atoms with Gasteiger partial charge in [-0.05, 0) is 38.3 Å². The SMILES string of the molecule is COCC12CCCOC1CCN(Cc1cccc(C)n1)C2.O=C(O)C(F)(F)F.O=C(O)C(F)(F)F. The van der Waals surface area contributed by atoms with Crippen LogP contribution in [-0.2, 0) is 25.6 Å². The van der Waals surface area contributed by atoms with Gasteiger partial charge >= 0.3 is 24.3 Å². The van der Waals surface area contributed by atoms with E-state index in [1.807, 2.05) is 7.11 Å². The van der Waals surface area contributed by atoms with Crippen LogP contribution in [0.2, 0.25) is 0 Å². The molecule has 0 amide bonds. The second kappa shape index (κ2) is 13.0. The van der Waals surface area contributed by atoms with E-state index in [0.717, 1.165) is 57.1 Å². The molecule has 3 rings (SSSR count). The van der Waals surface area contributed by atoms with Crippen LogP contribution in [0.15, 0.2) is 18.2 Å². The Morgan fingerprint density at radius 2 is 1.74 bits per heavy atom. The van der Waals surface area contributed by atoms with Crippen molar-refractivity contribution in [1.29, 1.82) is 0 Å². The fourth-order valence-corrected chi connectivity index (χ4v) is 3.93. The Labute approximate surface area is 197 Å². The minimum absolute atomic E-state index is 0.176. The summed E-state index contributed by atoms with van der Waals surface area (Å²) in [7, 11) is 1.81. The summed E-state index contributed by atoms with van der Waals surface area (Å²) in [6.07, 6.45) is -6.33. The number of nitrogens with zero attached hydrogens (tertiary/aromatic N) is 2. The lowest BCUT2D eigenvalue weighted by atomic mass is 9.73. The van der Waals surface area contributed by atoms with E-state index in [1.165, 1.54) is 6.42 Å². The van der Waals surface area contributed by atoms with Crippen LogP contribution in [0.1, 0.15) is 30.7 Å². The number of fused-ring (bicyclic) bond motifs is 1. The quantitative estimate of drug-likeness (QED) is 0.582. The Morgan fingerprint density at radius 1 is 1.17 bits per heavy atom. The summed E-state index contributed by atoms with van der Waals surface area (Å²) in [6.45, 7) is 6.84. The molecule has 2 saturated heterocycles. The number of halogens is 6. The number of aliphatic carboxylic acids is 2. The fraction of sp³-hybridized carbons (Fsp3) is 0.667. The van der Waals surface area contributed by atoms with Crippen molar-refractivity contribution >= 4 is 11.9 Å². The van der Waals surface area contributed by atoms with Crippen LogP contribution in [0.5, 0.6) is 0 Å². The molecular formula is C21H28F6N2O6. The molecule has 2 aliphatic rings. The summed E-state index contributed by atoms with van der Waals surface area (Å²) in [5, 5.41) is 14.2. The summed E-state index contributed by atoms with van der Waals surface area (Å²) in [5.41, 5.74) is 2.43. The van der Waals surface area contributed by atoms with E-state index in [1.54, 1.807) is 0 Å². The van der Waals surface area contributed by atoms with E-state index in [9.17, 15) is 26.3 Å². The van der Waals surface area contributed by atoms with Crippen LogP contribution in [-0.4, -0.2) is 83.9 Å². The van der Waals surface area contributed by atoms with Crippen molar-refractivity contribution in [3.05, 3.63) is 29.6 Å². The molecule has 2 aliphatic heterocycles. The number of piperidine rings is 1. The van der Waals surface area contributed by atoms with Gasteiger partial charge in [0.15, 0.2) is 0 Å². The Hall–Kier alpha value is -2.45. The van der Waals surface area contributed by atoms with Crippen LogP contribution in [0.3, 0.4) is 0 Å². The molecule has 2 fully saturated rings. The zero-order valence-corrected chi connectivity index (χ0v) is 19.2. The molecule has 0 bridgehead atoms. The van der Waals surface area contributed by atoms with Crippen LogP contribution in [0.25, 0.3) is 0 Å². The first-order chi connectivity index (χ1) is 16.1. The van der Waals surface area contributed by atoms with Gasteiger partial charge in [-0.1, -0.05) is 6.07 Å². The van der Waals surface area contributed by atoms with Crippen molar-refractivity contribution in [2.24, 2.45) is 5.41 Å². The van der Waals surface area contributed by atoms with Gasteiger partial charge in [0.25, 0.3) is 0 Å². The number of alkyl halides is 6. The number of carboxylic acids is 2.